The van der Waals surface area contributed by atoms with Gasteiger partial charge in [0.1, 0.15) is 12.2 Å². The van der Waals surface area contributed by atoms with E-state index in [1.807, 2.05) is 56.3 Å². The summed E-state index contributed by atoms with van der Waals surface area (Å²) < 4.78 is 0. The molecule has 0 saturated carbocycles. The van der Waals surface area contributed by atoms with Gasteiger partial charge in [0.05, 0.1) is 6.10 Å². The van der Waals surface area contributed by atoms with E-state index in [1.54, 1.807) is 11.9 Å². The third-order valence-corrected chi connectivity index (χ3v) is 7.16. The molecule has 9 heteroatoms. The highest BCUT2D eigenvalue weighted by molar-refractivity contribution is 5.86. The maximum Gasteiger partial charge on any atom is 0.243 e. The van der Waals surface area contributed by atoms with E-state index in [4.69, 9.17) is 0 Å². The van der Waals surface area contributed by atoms with Crippen LogP contribution in [0.5, 0.6) is 0 Å². The predicted octanol–water partition coefficient (Wildman–Crippen LogP) is 2.71. The zero-order valence-electron chi connectivity index (χ0n) is 22.1. The van der Waals surface area contributed by atoms with Crippen molar-refractivity contribution in [3.05, 3.63) is 48.0 Å². The highest BCUT2D eigenvalue weighted by Gasteiger charge is 2.39. The summed E-state index contributed by atoms with van der Waals surface area (Å²) in [6.45, 7) is 4.99. The second-order valence-electron chi connectivity index (χ2n) is 9.58. The molecule has 3 amide bonds. The molecule has 204 valence electrons. The molecule has 1 saturated heterocycles. The Hall–Kier alpha value is -2.68. The standard InChI is InChI=1S/C28H40N4O4.ClH/c1-4-21(5-2)28(36)31-14-8-11-26(31)32(19-33)25(27(35)30-18-24(34)17-29-3)16-20-12-13-22-9-6-7-10-23(22)15-20;/h6-7,9-10,12-13,15,19,21,24-26,29,34H,4-5,8,11,14,16-18H2,1-3H3,(H,30,35);1H/t24?,25-,26?;/m1./s1. The van der Waals surface area contributed by atoms with Crippen LogP contribution in [0.4, 0.5) is 0 Å². The van der Waals surface area contributed by atoms with Gasteiger partial charge in [-0.3, -0.25) is 14.4 Å². The quantitative estimate of drug-likeness (QED) is 0.344. The average molecular weight is 533 g/mol. The second kappa shape index (κ2) is 14.9. The van der Waals surface area contributed by atoms with Crippen LogP contribution < -0.4 is 10.6 Å². The van der Waals surface area contributed by atoms with Gasteiger partial charge in [-0.1, -0.05) is 56.3 Å². The molecule has 1 aliphatic rings. The van der Waals surface area contributed by atoms with Gasteiger partial charge in [-0.2, -0.15) is 0 Å². The monoisotopic (exact) mass is 532 g/mol. The van der Waals surface area contributed by atoms with Gasteiger partial charge < -0.3 is 25.5 Å². The van der Waals surface area contributed by atoms with Gasteiger partial charge in [-0.25, -0.2) is 0 Å². The molecular weight excluding hydrogens is 492 g/mol. The zero-order valence-corrected chi connectivity index (χ0v) is 22.9. The lowest BCUT2D eigenvalue weighted by Gasteiger charge is -2.38. The number of likely N-dealkylation sites (tertiary alicyclic amines) is 1. The minimum atomic E-state index is -0.814. The third-order valence-electron chi connectivity index (χ3n) is 7.16. The Morgan fingerprint density at radius 2 is 1.84 bits per heavy atom. The first-order valence-corrected chi connectivity index (χ1v) is 13.0. The zero-order chi connectivity index (χ0) is 26.1. The van der Waals surface area contributed by atoms with E-state index in [0.29, 0.717) is 32.3 Å². The van der Waals surface area contributed by atoms with Crippen molar-refractivity contribution >= 4 is 41.4 Å². The molecule has 0 radical (unpaired) electrons. The second-order valence-corrected chi connectivity index (χ2v) is 9.58. The molecule has 1 heterocycles. The molecule has 1 aliphatic heterocycles. The van der Waals surface area contributed by atoms with E-state index in [2.05, 4.69) is 10.6 Å². The molecule has 8 nitrogen and oxygen atoms in total. The molecule has 0 bridgehead atoms. The largest absolute Gasteiger partial charge is 0.390 e. The Balaban J connectivity index is 0.00000481. The molecule has 37 heavy (non-hydrogen) atoms. The van der Waals surface area contributed by atoms with E-state index < -0.39 is 18.3 Å². The van der Waals surface area contributed by atoms with Crippen LogP contribution in [0.3, 0.4) is 0 Å². The fourth-order valence-corrected chi connectivity index (χ4v) is 5.11. The van der Waals surface area contributed by atoms with Gasteiger partial charge in [0.2, 0.25) is 18.2 Å². The Morgan fingerprint density at radius 3 is 2.49 bits per heavy atom. The van der Waals surface area contributed by atoms with Gasteiger partial charge >= 0.3 is 0 Å². The molecule has 3 atom stereocenters. The summed E-state index contributed by atoms with van der Waals surface area (Å²) in [4.78, 5) is 42.5. The van der Waals surface area contributed by atoms with Gasteiger partial charge in [0, 0.05) is 32.0 Å². The van der Waals surface area contributed by atoms with Crippen LogP contribution >= 0.6 is 12.4 Å². The number of amides is 3. The van der Waals surface area contributed by atoms with Gasteiger partial charge in [0.15, 0.2) is 0 Å². The van der Waals surface area contributed by atoms with E-state index in [0.717, 1.165) is 35.6 Å². The minimum Gasteiger partial charge on any atom is -0.390 e. The summed E-state index contributed by atoms with van der Waals surface area (Å²) in [5.74, 6) is -0.389. The molecule has 1 fully saturated rings. The summed E-state index contributed by atoms with van der Waals surface area (Å²) in [5.41, 5.74) is 0.923. The van der Waals surface area contributed by atoms with E-state index in [9.17, 15) is 19.5 Å². The number of aliphatic hydroxyl groups is 1. The van der Waals surface area contributed by atoms with Crippen molar-refractivity contribution in [3.63, 3.8) is 0 Å². The maximum atomic E-state index is 13.5. The summed E-state index contributed by atoms with van der Waals surface area (Å²) >= 11 is 0. The molecule has 3 N–H and O–H groups in total. The topological polar surface area (TPSA) is 102 Å². The van der Waals surface area contributed by atoms with Gasteiger partial charge in [-0.15, -0.1) is 12.4 Å². The van der Waals surface area contributed by atoms with E-state index in [1.165, 1.54) is 4.90 Å². The Morgan fingerprint density at radius 1 is 1.14 bits per heavy atom. The molecule has 2 aromatic rings. The number of carbonyl (C=O) groups is 3. The summed E-state index contributed by atoms with van der Waals surface area (Å²) in [6, 6.07) is 13.2. The number of benzene rings is 2. The fraction of sp³-hybridized carbons (Fsp3) is 0.536. The summed E-state index contributed by atoms with van der Waals surface area (Å²) in [7, 11) is 1.73. The van der Waals surface area contributed by atoms with Crippen LogP contribution in [0.2, 0.25) is 0 Å². The van der Waals surface area contributed by atoms with Gasteiger partial charge in [-0.05, 0) is 49.1 Å². The van der Waals surface area contributed by atoms with Crippen LogP contribution in [0, 0.1) is 5.92 Å². The predicted molar refractivity (Wildman–Crippen MR) is 148 cm³/mol. The highest BCUT2D eigenvalue weighted by atomic mass is 35.5. The molecule has 3 rings (SSSR count). The first kappa shape index (κ1) is 30.5. The number of halogens is 1. The number of rotatable bonds is 13. The van der Waals surface area contributed by atoms with E-state index in [-0.39, 0.29) is 36.7 Å². The SMILES string of the molecule is CCC(CC)C(=O)N1CCCC1N(C=O)[C@H](Cc1ccc2ccccc2c1)C(=O)NCC(O)CNC.Cl. The molecule has 0 aromatic heterocycles. The van der Waals surface area contributed by atoms with Crippen LogP contribution in [-0.4, -0.2) is 78.1 Å². The number of hydrogen-bond acceptors (Lipinski definition) is 5. The Labute approximate surface area is 226 Å². The average Bonchev–Trinajstić information content (AvgIpc) is 3.37. The molecule has 2 unspecified atom stereocenters. The first-order chi connectivity index (χ1) is 17.4. The van der Waals surface area contributed by atoms with E-state index >= 15 is 0 Å². The van der Waals surface area contributed by atoms with Crippen molar-refractivity contribution < 1.29 is 19.5 Å². The third kappa shape index (κ3) is 7.66. The number of fused-ring (bicyclic) bond motifs is 1. The van der Waals surface area contributed by atoms with Crippen molar-refractivity contribution in [1.29, 1.82) is 0 Å². The van der Waals surface area contributed by atoms with Crippen molar-refractivity contribution in [2.45, 2.75) is 64.3 Å². The molecule has 2 aromatic carbocycles. The highest BCUT2D eigenvalue weighted by Crippen LogP contribution is 2.27. The summed E-state index contributed by atoms with van der Waals surface area (Å²) in [6.07, 6.45) is 2.70. The number of aliphatic hydroxyl groups excluding tert-OH is 1. The lowest BCUT2D eigenvalue weighted by Crippen LogP contribution is -2.57. The molecular formula is C28H41ClN4O4. The van der Waals surface area contributed by atoms with Crippen molar-refractivity contribution in [1.82, 2.24) is 20.4 Å². The smallest absolute Gasteiger partial charge is 0.243 e. The normalized spacial score (nSPS) is 16.8. The fourth-order valence-electron chi connectivity index (χ4n) is 5.11. The van der Waals surface area contributed by atoms with Crippen LogP contribution in [0.1, 0.15) is 45.1 Å². The maximum absolute atomic E-state index is 13.5. The first-order valence-electron chi connectivity index (χ1n) is 13.0. The van der Waals surface area contributed by atoms with Crippen LogP contribution in [-0.2, 0) is 20.8 Å². The van der Waals surface area contributed by atoms with Crippen LogP contribution in [0.25, 0.3) is 10.8 Å². The van der Waals surface area contributed by atoms with Crippen molar-refractivity contribution in [2.75, 3.05) is 26.7 Å². The number of carbonyl (C=O) groups excluding carboxylic acids is 3. The number of likely N-dealkylation sites (N-methyl/N-ethyl adjacent to an activating group) is 1. The number of nitrogens with one attached hydrogen (secondary N) is 2. The lowest BCUT2D eigenvalue weighted by molar-refractivity contribution is -0.147. The van der Waals surface area contributed by atoms with Crippen molar-refractivity contribution in [2.24, 2.45) is 5.92 Å². The van der Waals surface area contributed by atoms with Crippen molar-refractivity contribution in [3.8, 4) is 0 Å². The Kier molecular flexibility index (Phi) is 12.3. The lowest BCUT2D eigenvalue weighted by atomic mass is 9.99. The number of hydrogen-bond donors (Lipinski definition) is 3. The van der Waals surface area contributed by atoms with Crippen LogP contribution in [0.15, 0.2) is 42.5 Å². The minimum absolute atomic E-state index is 0. The summed E-state index contributed by atoms with van der Waals surface area (Å²) in [5, 5.41) is 18.0. The molecule has 0 aliphatic carbocycles. The Bertz CT molecular complexity index is 1030. The number of nitrogens with zero attached hydrogens (tertiary/aromatic N) is 2. The molecule has 0 spiro atoms. The van der Waals surface area contributed by atoms with Gasteiger partial charge in [0.25, 0.3) is 0 Å².